The second-order valence-corrected chi connectivity index (χ2v) is 6.47. The molecule has 2 aromatic carbocycles. The number of hydrogen-bond donors (Lipinski definition) is 3. The van der Waals surface area contributed by atoms with Gasteiger partial charge in [-0.2, -0.15) is 0 Å². The van der Waals surface area contributed by atoms with Gasteiger partial charge in [-0.25, -0.2) is 14.0 Å². The van der Waals surface area contributed by atoms with Crippen molar-refractivity contribution < 1.29 is 38.4 Å². The molecule has 0 saturated carbocycles. The Morgan fingerprint density at radius 2 is 2.00 bits per heavy atom. The van der Waals surface area contributed by atoms with Gasteiger partial charge in [-0.1, -0.05) is 12.1 Å². The Morgan fingerprint density at radius 3 is 2.77 bits per heavy atom. The van der Waals surface area contributed by atoms with E-state index in [2.05, 4.69) is 5.32 Å². The highest BCUT2D eigenvalue weighted by Gasteiger charge is 2.20. The minimum Gasteiger partial charge on any atom is -0.505 e. The lowest BCUT2D eigenvalue weighted by Crippen LogP contribution is -2.17. The number of carbonyl (C=O) groups excluding carboxylic acids is 1. The molecular weight excluding hydrogens is 397 g/mol. The molecular formula is C21H20FNO7. The molecule has 0 fully saturated rings. The SMILES string of the molecule is O=C(O)/C=C/CCC[C@H](OC(=O)Nc1ccc2c(c1)OCO2)c1ccc(O)c(F)c1. The van der Waals surface area contributed by atoms with Crippen LogP contribution in [-0.4, -0.2) is 29.1 Å². The van der Waals surface area contributed by atoms with Crippen LogP contribution in [0.15, 0.2) is 48.6 Å². The number of phenolic OH excluding ortho intramolecular Hbond substituents is 1. The molecule has 30 heavy (non-hydrogen) atoms. The van der Waals surface area contributed by atoms with Gasteiger partial charge in [0.15, 0.2) is 23.1 Å². The highest BCUT2D eigenvalue weighted by Crippen LogP contribution is 2.34. The fourth-order valence-electron chi connectivity index (χ4n) is 2.87. The van der Waals surface area contributed by atoms with Crippen molar-refractivity contribution in [2.45, 2.75) is 25.4 Å². The molecule has 0 saturated heterocycles. The van der Waals surface area contributed by atoms with Gasteiger partial charge in [0.25, 0.3) is 0 Å². The highest BCUT2D eigenvalue weighted by molar-refractivity contribution is 5.85. The van der Waals surface area contributed by atoms with Gasteiger partial charge in [0.1, 0.15) is 6.10 Å². The van der Waals surface area contributed by atoms with E-state index in [-0.39, 0.29) is 6.79 Å². The molecule has 8 nitrogen and oxygen atoms in total. The Morgan fingerprint density at radius 1 is 1.20 bits per heavy atom. The first-order valence-electron chi connectivity index (χ1n) is 9.17. The number of aliphatic carboxylic acids is 1. The van der Waals surface area contributed by atoms with E-state index in [1.165, 1.54) is 18.2 Å². The van der Waals surface area contributed by atoms with E-state index in [4.69, 9.17) is 19.3 Å². The number of carboxylic acids is 1. The molecule has 0 aliphatic carbocycles. The number of rotatable bonds is 8. The van der Waals surface area contributed by atoms with Crippen molar-refractivity contribution in [1.29, 1.82) is 0 Å². The third-order valence-electron chi connectivity index (χ3n) is 4.31. The third-order valence-corrected chi connectivity index (χ3v) is 4.31. The van der Waals surface area contributed by atoms with E-state index in [1.807, 2.05) is 0 Å². The number of benzene rings is 2. The van der Waals surface area contributed by atoms with Crippen LogP contribution in [0.2, 0.25) is 0 Å². The molecule has 0 radical (unpaired) electrons. The van der Waals surface area contributed by atoms with E-state index in [0.717, 1.165) is 12.1 Å². The number of anilines is 1. The number of fused-ring (bicyclic) bond motifs is 1. The van der Waals surface area contributed by atoms with Gasteiger partial charge < -0.3 is 24.4 Å². The summed E-state index contributed by atoms with van der Waals surface area (Å²) < 4.78 is 29.7. The number of aromatic hydroxyl groups is 1. The van der Waals surface area contributed by atoms with Crippen LogP contribution >= 0.6 is 0 Å². The van der Waals surface area contributed by atoms with Crippen molar-refractivity contribution in [3.63, 3.8) is 0 Å². The summed E-state index contributed by atoms with van der Waals surface area (Å²) in [4.78, 5) is 22.9. The van der Waals surface area contributed by atoms with Crippen molar-refractivity contribution in [3.05, 3.63) is 59.9 Å². The molecule has 0 bridgehead atoms. The molecule has 1 aliphatic rings. The Kier molecular flexibility index (Phi) is 6.74. The van der Waals surface area contributed by atoms with Crippen molar-refractivity contribution in [2.24, 2.45) is 0 Å². The van der Waals surface area contributed by atoms with Crippen LogP contribution < -0.4 is 14.8 Å². The Labute approximate surface area is 171 Å². The average Bonchev–Trinajstić information content (AvgIpc) is 3.16. The molecule has 0 spiro atoms. The lowest BCUT2D eigenvalue weighted by molar-refractivity contribution is -0.131. The summed E-state index contributed by atoms with van der Waals surface area (Å²) in [7, 11) is 0. The zero-order valence-corrected chi connectivity index (χ0v) is 15.8. The number of halogens is 1. The largest absolute Gasteiger partial charge is 0.505 e. The summed E-state index contributed by atoms with van der Waals surface area (Å²) in [5.74, 6) is -1.32. The normalized spacial score (nSPS) is 13.2. The average molecular weight is 417 g/mol. The lowest BCUT2D eigenvalue weighted by atomic mass is 10.0. The first-order valence-corrected chi connectivity index (χ1v) is 9.17. The Hall–Kier alpha value is -3.75. The van der Waals surface area contributed by atoms with Gasteiger partial charge >= 0.3 is 12.1 Å². The molecule has 1 aliphatic heterocycles. The Balaban J connectivity index is 1.66. The number of amides is 1. The van der Waals surface area contributed by atoms with Gasteiger partial charge in [-0.05, 0) is 49.1 Å². The summed E-state index contributed by atoms with van der Waals surface area (Å²) in [6.07, 6.45) is 2.22. The number of carboxylic acid groups (broad SMARTS) is 1. The monoisotopic (exact) mass is 417 g/mol. The lowest BCUT2D eigenvalue weighted by Gasteiger charge is -2.19. The smallest absolute Gasteiger partial charge is 0.412 e. The maximum atomic E-state index is 13.8. The van der Waals surface area contributed by atoms with E-state index in [1.54, 1.807) is 18.2 Å². The number of nitrogens with one attached hydrogen (secondary N) is 1. The number of allylic oxidation sites excluding steroid dienone is 1. The molecule has 1 heterocycles. The second kappa shape index (κ2) is 9.64. The third kappa shape index (κ3) is 5.63. The van der Waals surface area contributed by atoms with E-state index >= 15 is 0 Å². The van der Waals surface area contributed by atoms with Crippen molar-refractivity contribution in [2.75, 3.05) is 12.1 Å². The molecule has 158 valence electrons. The summed E-state index contributed by atoms with van der Waals surface area (Å²) in [6, 6.07) is 8.61. The van der Waals surface area contributed by atoms with Gasteiger partial charge in [0, 0.05) is 17.8 Å². The fraction of sp³-hybridized carbons (Fsp3) is 0.238. The Bertz CT molecular complexity index is 960. The van der Waals surface area contributed by atoms with Crippen LogP contribution in [0.3, 0.4) is 0 Å². The molecule has 0 unspecified atom stereocenters. The molecule has 3 N–H and O–H groups in total. The van der Waals surface area contributed by atoms with Crippen molar-refractivity contribution in [3.8, 4) is 17.2 Å². The number of ether oxygens (including phenoxy) is 3. The molecule has 1 amide bonds. The summed E-state index contributed by atoms with van der Waals surface area (Å²) in [5.41, 5.74) is 0.803. The molecule has 1 atom stereocenters. The van der Waals surface area contributed by atoms with Crippen LogP contribution in [0.1, 0.15) is 30.9 Å². The predicted molar refractivity (Wildman–Crippen MR) is 104 cm³/mol. The van der Waals surface area contributed by atoms with Crippen molar-refractivity contribution in [1.82, 2.24) is 0 Å². The zero-order valence-electron chi connectivity index (χ0n) is 15.8. The van der Waals surface area contributed by atoms with Gasteiger partial charge in [-0.3, -0.25) is 5.32 Å². The molecule has 9 heteroatoms. The van der Waals surface area contributed by atoms with Gasteiger partial charge in [0.05, 0.1) is 0 Å². The number of carbonyl (C=O) groups is 2. The molecule has 2 aromatic rings. The maximum absolute atomic E-state index is 13.8. The zero-order chi connectivity index (χ0) is 21.5. The van der Waals surface area contributed by atoms with E-state index in [9.17, 15) is 19.1 Å². The van der Waals surface area contributed by atoms with E-state index < -0.39 is 29.7 Å². The van der Waals surface area contributed by atoms with Crippen LogP contribution in [0, 0.1) is 5.82 Å². The summed E-state index contributed by atoms with van der Waals surface area (Å²) in [5, 5.41) is 20.6. The van der Waals surface area contributed by atoms with Crippen molar-refractivity contribution >= 4 is 17.7 Å². The second-order valence-electron chi connectivity index (χ2n) is 6.47. The van der Waals surface area contributed by atoms with E-state index in [0.29, 0.717) is 42.0 Å². The minimum atomic E-state index is -1.05. The number of hydrogen-bond acceptors (Lipinski definition) is 6. The summed E-state index contributed by atoms with van der Waals surface area (Å²) in [6.45, 7) is 0.105. The standard InChI is InChI=1S/C21H20FNO7/c22-15-10-13(6-8-16(15)24)17(4-2-1-3-5-20(25)26)30-21(27)23-14-7-9-18-19(11-14)29-12-28-18/h3,5-11,17,24H,1-2,4,12H2,(H,23,27)(H,25,26)/b5-3+/t17-/m0/s1. The van der Waals surface area contributed by atoms with Gasteiger partial charge in [0.2, 0.25) is 6.79 Å². The first kappa shape index (κ1) is 21.0. The first-order chi connectivity index (χ1) is 14.4. The van der Waals surface area contributed by atoms with Crippen LogP contribution in [0.4, 0.5) is 14.9 Å². The summed E-state index contributed by atoms with van der Waals surface area (Å²) >= 11 is 0. The fourth-order valence-corrected chi connectivity index (χ4v) is 2.87. The minimum absolute atomic E-state index is 0.105. The topological polar surface area (TPSA) is 114 Å². The highest BCUT2D eigenvalue weighted by atomic mass is 19.1. The predicted octanol–water partition coefficient (Wildman–Crippen LogP) is 4.36. The quantitative estimate of drug-likeness (QED) is 0.432. The van der Waals surface area contributed by atoms with Crippen LogP contribution in [0.25, 0.3) is 0 Å². The van der Waals surface area contributed by atoms with Gasteiger partial charge in [-0.15, -0.1) is 0 Å². The van der Waals surface area contributed by atoms with Crippen LogP contribution in [0.5, 0.6) is 17.2 Å². The maximum Gasteiger partial charge on any atom is 0.412 e. The van der Waals surface area contributed by atoms with Crippen LogP contribution in [-0.2, 0) is 9.53 Å². The number of unbranched alkanes of at least 4 members (excludes halogenated alkanes) is 1. The molecule has 3 rings (SSSR count). The molecule has 0 aromatic heterocycles. The number of phenols is 1.